The Morgan fingerprint density at radius 2 is 2.25 bits per heavy atom. The molecule has 1 fully saturated rings. The van der Waals surface area contributed by atoms with Gasteiger partial charge in [0.15, 0.2) is 0 Å². The van der Waals surface area contributed by atoms with Crippen LogP contribution in [0.25, 0.3) is 0 Å². The molecule has 0 aromatic carbocycles. The van der Waals surface area contributed by atoms with Crippen LogP contribution in [0.15, 0.2) is 0 Å². The lowest BCUT2D eigenvalue weighted by Crippen LogP contribution is -2.38. The van der Waals surface area contributed by atoms with E-state index in [9.17, 15) is 4.79 Å². The normalized spacial score (nSPS) is 28.6. The Hall–Kier alpha value is 0.0700. The molecule has 0 spiro atoms. The molecule has 1 heterocycles. The zero-order chi connectivity index (χ0) is 8.43. The molecule has 1 saturated heterocycles. The van der Waals surface area contributed by atoms with Crippen LogP contribution in [0.5, 0.6) is 0 Å². The third-order valence-electron chi connectivity index (χ3n) is 1.71. The molecule has 0 bridgehead atoms. The third-order valence-corrected chi connectivity index (χ3v) is 3.28. The molecule has 2 atom stereocenters. The van der Waals surface area contributed by atoms with Gasteiger partial charge in [0.05, 0.1) is 5.37 Å². The molecule has 2 unspecified atom stereocenters. The lowest BCUT2D eigenvalue weighted by molar-refractivity contribution is -0.138. The molecular weight excluding hydrogens is 198 g/mol. The van der Waals surface area contributed by atoms with Gasteiger partial charge in [-0.2, -0.15) is 0 Å². The zero-order valence-electron chi connectivity index (χ0n) is 7.11. The average Bonchev–Trinajstić information content (AvgIpc) is 2.33. The Bertz CT molecular complexity index is 165. The third kappa shape index (κ3) is 2.84. The number of carbonyl (C=O) groups is 1. The summed E-state index contributed by atoms with van der Waals surface area (Å²) in [5.41, 5.74) is 0. The molecule has 0 aliphatic carbocycles. The highest BCUT2D eigenvalue weighted by Crippen LogP contribution is 2.24. The van der Waals surface area contributed by atoms with E-state index >= 15 is 0 Å². The van der Waals surface area contributed by atoms with E-state index in [4.69, 9.17) is 5.11 Å². The summed E-state index contributed by atoms with van der Waals surface area (Å²) in [6.07, 6.45) is 0. The number of halogens is 1. The van der Waals surface area contributed by atoms with E-state index in [2.05, 4.69) is 19.2 Å². The van der Waals surface area contributed by atoms with E-state index in [0.29, 0.717) is 17.0 Å². The summed E-state index contributed by atoms with van der Waals surface area (Å²) in [6, 6.07) is -0.340. The number of hydrogen-bond donors (Lipinski definition) is 2. The minimum Gasteiger partial charge on any atom is -0.480 e. The van der Waals surface area contributed by atoms with Crippen molar-refractivity contribution >= 4 is 30.1 Å². The van der Waals surface area contributed by atoms with Gasteiger partial charge >= 0.3 is 5.97 Å². The second-order valence-electron chi connectivity index (χ2n) is 3.06. The van der Waals surface area contributed by atoms with Crippen molar-refractivity contribution in [2.45, 2.75) is 25.3 Å². The molecule has 1 aliphatic rings. The van der Waals surface area contributed by atoms with Crippen molar-refractivity contribution in [1.29, 1.82) is 0 Å². The molecule has 0 aromatic heterocycles. The molecule has 1 rings (SSSR count). The van der Waals surface area contributed by atoms with Crippen molar-refractivity contribution < 1.29 is 9.90 Å². The second kappa shape index (κ2) is 4.94. The standard InChI is InChI=1S/C7H13NO2S.ClH/c1-4(2)6-8-5(3-11-6)7(9)10;/h4-6,8H,3H2,1-2H3,(H,9,10);1H. The molecule has 72 valence electrons. The van der Waals surface area contributed by atoms with Crippen LogP contribution in [0.4, 0.5) is 0 Å². The largest absolute Gasteiger partial charge is 0.480 e. The van der Waals surface area contributed by atoms with Crippen LogP contribution in [0, 0.1) is 5.92 Å². The minimum atomic E-state index is -0.736. The van der Waals surface area contributed by atoms with Gasteiger partial charge in [-0.3, -0.25) is 10.1 Å². The number of carboxylic acid groups (broad SMARTS) is 1. The number of thioether (sulfide) groups is 1. The topological polar surface area (TPSA) is 49.3 Å². The Morgan fingerprint density at radius 3 is 2.50 bits per heavy atom. The van der Waals surface area contributed by atoms with Crippen LogP contribution in [-0.4, -0.2) is 28.2 Å². The maximum Gasteiger partial charge on any atom is 0.321 e. The average molecular weight is 212 g/mol. The Kier molecular flexibility index (Phi) is 4.97. The number of nitrogens with one attached hydrogen (secondary N) is 1. The predicted molar refractivity (Wildman–Crippen MR) is 52.9 cm³/mol. The fourth-order valence-corrected chi connectivity index (χ4v) is 2.31. The second-order valence-corrected chi connectivity index (χ2v) is 4.23. The van der Waals surface area contributed by atoms with Crippen LogP contribution < -0.4 is 5.32 Å². The summed E-state index contributed by atoms with van der Waals surface area (Å²) in [5.74, 6) is 0.461. The highest BCUT2D eigenvalue weighted by atomic mass is 35.5. The predicted octanol–water partition coefficient (Wildman–Crippen LogP) is 1.18. The lowest BCUT2D eigenvalue weighted by atomic mass is 10.2. The number of aliphatic carboxylic acids is 1. The molecule has 0 radical (unpaired) electrons. The number of rotatable bonds is 2. The Labute approximate surface area is 82.7 Å². The number of hydrogen-bond acceptors (Lipinski definition) is 3. The smallest absolute Gasteiger partial charge is 0.321 e. The fraction of sp³-hybridized carbons (Fsp3) is 0.857. The SMILES string of the molecule is CC(C)C1NC(C(=O)O)CS1.Cl. The summed E-state index contributed by atoms with van der Waals surface area (Å²) in [4.78, 5) is 10.5. The van der Waals surface area contributed by atoms with E-state index in [1.165, 1.54) is 0 Å². The Balaban J connectivity index is 0.00000121. The van der Waals surface area contributed by atoms with Crippen molar-refractivity contribution in [2.75, 3.05) is 5.75 Å². The van der Waals surface area contributed by atoms with Gasteiger partial charge in [0.2, 0.25) is 0 Å². The maximum absolute atomic E-state index is 10.5. The van der Waals surface area contributed by atoms with Crippen molar-refractivity contribution in [3.63, 3.8) is 0 Å². The van der Waals surface area contributed by atoms with Crippen molar-refractivity contribution in [2.24, 2.45) is 5.92 Å². The van der Waals surface area contributed by atoms with Crippen LogP contribution in [0.2, 0.25) is 0 Å². The first kappa shape index (κ1) is 12.1. The number of carboxylic acids is 1. The van der Waals surface area contributed by atoms with Gasteiger partial charge in [-0.1, -0.05) is 13.8 Å². The van der Waals surface area contributed by atoms with Crippen molar-refractivity contribution in [3.05, 3.63) is 0 Å². The first-order valence-electron chi connectivity index (χ1n) is 3.71. The molecule has 12 heavy (non-hydrogen) atoms. The van der Waals surface area contributed by atoms with Gasteiger partial charge in [0.1, 0.15) is 6.04 Å². The van der Waals surface area contributed by atoms with Gasteiger partial charge in [-0.25, -0.2) is 0 Å². The van der Waals surface area contributed by atoms with Crippen LogP contribution in [-0.2, 0) is 4.79 Å². The minimum absolute atomic E-state index is 0. The summed E-state index contributed by atoms with van der Waals surface area (Å²) >= 11 is 1.69. The van der Waals surface area contributed by atoms with Crippen LogP contribution in [0.3, 0.4) is 0 Å². The molecule has 3 nitrogen and oxygen atoms in total. The van der Waals surface area contributed by atoms with E-state index in [1.807, 2.05) is 0 Å². The molecule has 1 aliphatic heterocycles. The van der Waals surface area contributed by atoms with Gasteiger partial charge in [-0.15, -0.1) is 24.2 Å². The summed E-state index contributed by atoms with van der Waals surface area (Å²) < 4.78 is 0. The lowest BCUT2D eigenvalue weighted by Gasteiger charge is -2.13. The first-order chi connectivity index (χ1) is 5.11. The zero-order valence-corrected chi connectivity index (χ0v) is 8.74. The summed E-state index contributed by atoms with van der Waals surface area (Å²) in [6.45, 7) is 4.18. The van der Waals surface area contributed by atoms with Crippen LogP contribution in [0.1, 0.15) is 13.8 Å². The Morgan fingerprint density at radius 1 is 1.67 bits per heavy atom. The van der Waals surface area contributed by atoms with E-state index in [0.717, 1.165) is 0 Å². The first-order valence-corrected chi connectivity index (χ1v) is 4.76. The van der Waals surface area contributed by atoms with Gasteiger partial charge in [0.25, 0.3) is 0 Å². The maximum atomic E-state index is 10.5. The van der Waals surface area contributed by atoms with Gasteiger partial charge in [0, 0.05) is 5.75 Å². The van der Waals surface area contributed by atoms with E-state index in [-0.39, 0.29) is 18.4 Å². The highest BCUT2D eigenvalue weighted by molar-refractivity contribution is 8.00. The fourth-order valence-electron chi connectivity index (χ4n) is 1.02. The van der Waals surface area contributed by atoms with E-state index in [1.54, 1.807) is 11.8 Å². The van der Waals surface area contributed by atoms with Crippen molar-refractivity contribution in [1.82, 2.24) is 5.32 Å². The van der Waals surface area contributed by atoms with Gasteiger partial charge in [-0.05, 0) is 5.92 Å². The monoisotopic (exact) mass is 211 g/mol. The van der Waals surface area contributed by atoms with E-state index < -0.39 is 5.97 Å². The van der Waals surface area contributed by atoms with Crippen LogP contribution >= 0.6 is 24.2 Å². The van der Waals surface area contributed by atoms with Crippen molar-refractivity contribution in [3.8, 4) is 0 Å². The molecule has 2 N–H and O–H groups in total. The summed E-state index contributed by atoms with van der Waals surface area (Å²) in [7, 11) is 0. The molecule has 0 saturated carbocycles. The molecule has 0 aromatic rings. The molecular formula is C7H14ClNO2S. The molecule has 0 amide bonds. The summed E-state index contributed by atoms with van der Waals surface area (Å²) in [5, 5.41) is 12.0. The highest BCUT2D eigenvalue weighted by Gasteiger charge is 2.30. The quantitative estimate of drug-likeness (QED) is 0.720. The molecule has 5 heteroatoms. The van der Waals surface area contributed by atoms with Gasteiger partial charge < -0.3 is 5.11 Å².